The standard InChI is InChI=1S/C12H17N5O/c1-4-5-17-12(13-8-15-17)6-11(18)10-7-14-16(3)9(10)2/h7-8H,4-6H2,1-3H3. The van der Waals surface area contributed by atoms with Crippen molar-refractivity contribution in [3.8, 4) is 0 Å². The van der Waals surface area contributed by atoms with Crippen LogP contribution in [0.25, 0.3) is 0 Å². The van der Waals surface area contributed by atoms with E-state index in [0.29, 0.717) is 11.4 Å². The third kappa shape index (κ3) is 2.32. The molecule has 0 saturated heterocycles. The minimum absolute atomic E-state index is 0.0333. The van der Waals surface area contributed by atoms with Gasteiger partial charge in [0.15, 0.2) is 5.78 Å². The van der Waals surface area contributed by atoms with Gasteiger partial charge in [-0.25, -0.2) is 9.67 Å². The summed E-state index contributed by atoms with van der Waals surface area (Å²) in [6.07, 6.45) is 4.34. The second kappa shape index (κ2) is 5.12. The zero-order chi connectivity index (χ0) is 13.1. The first-order valence-corrected chi connectivity index (χ1v) is 6.02. The van der Waals surface area contributed by atoms with Crippen molar-refractivity contribution in [3.63, 3.8) is 0 Å². The van der Waals surface area contributed by atoms with Crippen molar-refractivity contribution < 1.29 is 4.79 Å². The van der Waals surface area contributed by atoms with Crippen LogP contribution in [0.15, 0.2) is 12.5 Å². The molecule has 0 N–H and O–H groups in total. The average Bonchev–Trinajstić information content (AvgIpc) is 2.89. The van der Waals surface area contributed by atoms with E-state index in [0.717, 1.165) is 18.7 Å². The lowest BCUT2D eigenvalue weighted by molar-refractivity contribution is 0.0988. The number of ketones is 1. The summed E-state index contributed by atoms with van der Waals surface area (Å²) in [4.78, 5) is 16.3. The van der Waals surface area contributed by atoms with Crippen LogP contribution in [0.4, 0.5) is 0 Å². The third-order valence-electron chi connectivity index (χ3n) is 2.99. The number of carbonyl (C=O) groups is 1. The largest absolute Gasteiger partial charge is 0.294 e. The zero-order valence-electron chi connectivity index (χ0n) is 10.9. The molecule has 0 bridgehead atoms. The molecule has 0 saturated carbocycles. The first-order valence-electron chi connectivity index (χ1n) is 6.02. The maximum absolute atomic E-state index is 12.2. The molecule has 0 fully saturated rings. The topological polar surface area (TPSA) is 65.6 Å². The van der Waals surface area contributed by atoms with Crippen LogP contribution in [0.1, 0.15) is 35.2 Å². The molecule has 0 aliphatic carbocycles. The lowest BCUT2D eigenvalue weighted by atomic mass is 10.1. The van der Waals surface area contributed by atoms with Crippen LogP contribution in [0, 0.1) is 6.92 Å². The molecule has 0 unspecified atom stereocenters. The minimum Gasteiger partial charge on any atom is -0.294 e. The Hall–Kier alpha value is -1.98. The van der Waals surface area contributed by atoms with E-state index in [1.807, 2.05) is 14.0 Å². The lowest BCUT2D eigenvalue weighted by Gasteiger charge is -2.03. The number of nitrogens with zero attached hydrogens (tertiary/aromatic N) is 5. The zero-order valence-corrected chi connectivity index (χ0v) is 10.9. The molecule has 96 valence electrons. The van der Waals surface area contributed by atoms with E-state index in [4.69, 9.17) is 0 Å². The van der Waals surface area contributed by atoms with Crippen molar-refractivity contribution in [2.75, 3.05) is 0 Å². The molecule has 0 aromatic carbocycles. The number of Topliss-reactive ketones (excluding diaryl/α,β-unsaturated/α-hetero) is 1. The highest BCUT2D eigenvalue weighted by Crippen LogP contribution is 2.10. The van der Waals surface area contributed by atoms with Crippen LogP contribution in [0.3, 0.4) is 0 Å². The number of hydrogen-bond acceptors (Lipinski definition) is 4. The molecule has 18 heavy (non-hydrogen) atoms. The van der Waals surface area contributed by atoms with E-state index < -0.39 is 0 Å². The summed E-state index contributed by atoms with van der Waals surface area (Å²) in [7, 11) is 1.83. The lowest BCUT2D eigenvalue weighted by Crippen LogP contribution is -2.12. The molecule has 6 heteroatoms. The summed E-state index contributed by atoms with van der Waals surface area (Å²) in [6, 6.07) is 0. The second-order valence-electron chi connectivity index (χ2n) is 4.27. The van der Waals surface area contributed by atoms with Gasteiger partial charge < -0.3 is 0 Å². The second-order valence-corrected chi connectivity index (χ2v) is 4.27. The summed E-state index contributed by atoms with van der Waals surface area (Å²) in [6.45, 7) is 4.74. The van der Waals surface area contributed by atoms with Crippen molar-refractivity contribution in [2.45, 2.75) is 33.2 Å². The van der Waals surface area contributed by atoms with Gasteiger partial charge in [-0.15, -0.1) is 0 Å². The Morgan fingerprint density at radius 3 is 2.78 bits per heavy atom. The molecule has 0 aliphatic heterocycles. The van der Waals surface area contributed by atoms with Gasteiger partial charge in [0.2, 0.25) is 0 Å². The molecule has 0 aliphatic rings. The van der Waals surface area contributed by atoms with Crippen LogP contribution in [0.2, 0.25) is 0 Å². The first-order chi connectivity index (χ1) is 8.63. The normalized spacial score (nSPS) is 10.8. The van der Waals surface area contributed by atoms with E-state index in [2.05, 4.69) is 22.1 Å². The summed E-state index contributed by atoms with van der Waals surface area (Å²) < 4.78 is 3.48. The van der Waals surface area contributed by atoms with Crippen molar-refractivity contribution in [2.24, 2.45) is 7.05 Å². The fourth-order valence-corrected chi connectivity index (χ4v) is 1.83. The Kier molecular flexibility index (Phi) is 3.55. The number of rotatable bonds is 5. The minimum atomic E-state index is 0.0333. The molecule has 2 heterocycles. The Morgan fingerprint density at radius 1 is 1.39 bits per heavy atom. The Labute approximate surface area is 106 Å². The molecule has 6 nitrogen and oxygen atoms in total. The smallest absolute Gasteiger partial charge is 0.173 e. The van der Waals surface area contributed by atoms with Crippen molar-refractivity contribution in [1.82, 2.24) is 24.5 Å². The maximum Gasteiger partial charge on any atom is 0.173 e. The highest BCUT2D eigenvalue weighted by atomic mass is 16.1. The summed E-state index contributed by atoms with van der Waals surface area (Å²) in [5, 5.41) is 8.19. The van der Waals surface area contributed by atoms with Crippen molar-refractivity contribution in [3.05, 3.63) is 29.6 Å². The van der Waals surface area contributed by atoms with Crippen molar-refractivity contribution >= 4 is 5.78 Å². The van der Waals surface area contributed by atoms with E-state index in [1.165, 1.54) is 6.33 Å². The molecule has 0 radical (unpaired) electrons. The Bertz CT molecular complexity index is 555. The monoisotopic (exact) mass is 247 g/mol. The van der Waals surface area contributed by atoms with Gasteiger partial charge in [0.05, 0.1) is 18.2 Å². The first kappa shape index (κ1) is 12.5. The Balaban J connectivity index is 2.16. The fraction of sp³-hybridized carbons (Fsp3) is 0.500. The van der Waals surface area contributed by atoms with Gasteiger partial charge >= 0.3 is 0 Å². The molecule has 0 atom stereocenters. The highest BCUT2D eigenvalue weighted by Gasteiger charge is 2.16. The van der Waals surface area contributed by atoms with Crippen molar-refractivity contribution in [1.29, 1.82) is 0 Å². The number of hydrogen-bond donors (Lipinski definition) is 0. The molecule has 2 rings (SSSR count). The number of aromatic nitrogens is 5. The molecule has 2 aromatic rings. The SMILES string of the molecule is CCCn1ncnc1CC(=O)c1cnn(C)c1C. The van der Waals surface area contributed by atoms with Gasteiger partial charge in [-0.1, -0.05) is 6.92 Å². The molecular weight excluding hydrogens is 230 g/mol. The van der Waals surface area contributed by atoms with Crippen LogP contribution in [-0.4, -0.2) is 30.3 Å². The summed E-state index contributed by atoms with van der Waals surface area (Å²) in [5.74, 6) is 0.746. The van der Waals surface area contributed by atoms with Gasteiger partial charge in [-0.2, -0.15) is 10.2 Å². The molecular formula is C12H17N5O. The number of carbonyl (C=O) groups excluding carboxylic acids is 1. The van der Waals surface area contributed by atoms with Crippen LogP contribution >= 0.6 is 0 Å². The number of aryl methyl sites for hydroxylation is 2. The predicted molar refractivity (Wildman–Crippen MR) is 66.3 cm³/mol. The maximum atomic E-state index is 12.2. The van der Waals surface area contributed by atoms with Gasteiger partial charge in [-0.3, -0.25) is 9.48 Å². The molecule has 0 spiro atoms. The average molecular weight is 247 g/mol. The predicted octanol–water partition coefficient (Wildman–Crippen LogP) is 1.16. The van der Waals surface area contributed by atoms with Gasteiger partial charge in [-0.05, 0) is 13.3 Å². The van der Waals surface area contributed by atoms with E-state index in [9.17, 15) is 4.79 Å². The van der Waals surface area contributed by atoms with Crippen LogP contribution < -0.4 is 0 Å². The fourth-order valence-electron chi connectivity index (χ4n) is 1.83. The summed E-state index contributed by atoms with van der Waals surface area (Å²) >= 11 is 0. The Morgan fingerprint density at radius 2 is 2.17 bits per heavy atom. The third-order valence-corrected chi connectivity index (χ3v) is 2.99. The van der Waals surface area contributed by atoms with E-state index in [1.54, 1.807) is 15.6 Å². The summed E-state index contributed by atoms with van der Waals surface area (Å²) in [5.41, 5.74) is 1.53. The molecule has 2 aromatic heterocycles. The van der Waals surface area contributed by atoms with Gasteiger partial charge in [0.25, 0.3) is 0 Å². The van der Waals surface area contributed by atoms with Crippen LogP contribution in [0.5, 0.6) is 0 Å². The highest BCUT2D eigenvalue weighted by molar-refractivity contribution is 5.97. The quantitative estimate of drug-likeness (QED) is 0.743. The van der Waals surface area contributed by atoms with Crippen LogP contribution in [-0.2, 0) is 20.0 Å². The molecule has 0 amide bonds. The van der Waals surface area contributed by atoms with E-state index in [-0.39, 0.29) is 12.2 Å². The van der Waals surface area contributed by atoms with Gasteiger partial charge in [0.1, 0.15) is 12.2 Å². The van der Waals surface area contributed by atoms with E-state index >= 15 is 0 Å². The van der Waals surface area contributed by atoms with Gasteiger partial charge in [0, 0.05) is 19.3 Å².